The van der Waals surface area contributed by atoms with E-state index in [1.54, 1.807) is 6.20 Å². The molecule has 3 heteroatoms. The number of hydrogen-bond acceptors (Lipinski definition) is 3. The first-order valence-electron chi connectivity index (χ1n) is 4.91. The second-order valence-corrected chi connectivity index (χ2v) is 3.68. The Bertz CT molecular complexity index is 363. The zero-order chi connectivity index (χ0) is 9.97. The van der Waals surface area contributed by atoms with Gasteiger partial charge in [-0.15, -0.1) is 0 Å². The van der Waals surface area contributed by atoms with E-state index in [1.807, 2.05) is 19.2 Å². The van der Waals surface area contributed by atoms with Crippen molar-refractivity contribution in [3.63, 3.8) is 0 Å². The minimum Gasteiger partial charge on any atom is -0.369 e. The van der Waals surface area contributed by atoms with Gasteiger partial charge in [0.05, 0.1) is 5.69 Å². The van der Waals surface area contributed by atoms with Crippen LogP contribution in [-0.2, 0) is 0 Å². The summed E-state index contributed by atoms with van der Waals surface area (Å²) >= 11 is 0. The van der Waals surface area contributed by atoms with Crippen LogP contribution in [0.25, 0.3) is 0 Å². The second kappa shape index (κ2) is 3.67. The number of nitriles is 1. The Labute approximate surface area is 84.0 Å². The molecule has 14 heavy (non-hydrogen) atoms. The summed E-state index contributed by atoms with van der Waals surface area (Å²) in [6, 6.07) is 6.57. The highest BCUT2D eigenvalue weighted by molar-refractivity contribution is 5.56. The van der Waals surface area contributed by atoms with Gasteiger partial charge in [-0.1, -0.05) is 0 Å². The highest BCUT2D eigenvalue weighted by atomic mass is 15.1. The van der Waals surface area contributed by atoms with Gasteiger partial charge in [-0.05, 0) is 31.4 Å². The van der Waals surface area contributed by atoms with Gasteiger partial charge in [-0.2, -0.15) is 5.26 Å². The van der Waals surface area contributed by atoms with Crippen LogP contribution in [0.3, 0.4) is 0 Å². The molecule has 1 aromatic heterocycles. The maximum absolute atomic E-state index is 8.90. The molecule has 3 nitrogen and oxygen atoms in total. The van der Waals surface area contributed by atoms with Crippen LogP contribution in [0.2, 0.25) is 0 Å². The van der Waals surface area contributed by atoms with Crippen LogP contribution >= 0.6 is 0 Å². The minimum absolute atomic E-state index is 0.530. The number of nitrogens with zero attached hydrogens (tertiary/aromatic N) is 3. The Balaban J connectivity index is 2.26. The van der Waals surface area contributed by atoms with E-state index in [1.165, 1.54) is 19.3 Å². The average Bonchev–Trinajstić information content (AvgIpc) is 2.15. The number of rotatable bonds is 2. The van der Waals surface area contributed by atoms with Crippen molar-refractivity contribution in [2.24, 2.45) is 0 Å². The van der Waals surface area contributed by atoms with Crippen molar-refractivity contribution in [1.82, 2.24) is 4.98 Å². The number of anilines is 1. The van der Waals surface area contributed by atoms with Crippen molar-refractivity contribution in [3.05, 3.63) is 24.0 Å². The molecule has 0 N–H and O–H groups in total. The first-order chi connectivity index (χ1) is 6.83. The van der Waals surface area contributed by atoms with Crippen LogP contribution < -0.4 is 4.90 Å². The smallest absolute Gasteiger partial charge is 0.163 e. The summed E-state index contributed by atoms with van der Waals surface area (Å²) in [7, 11) is 2.04. The van der Waals surface area contributed by atoms with Crippen molar-refractivity contribution in [2.75, 3.05) is 11.9 Å². The minimum atomic E-state index is 0.530. The van der Waals surface area contributed by atoms with Gasteiger partial charge in [0.15, 0.2) is 5.69 Å². The van der Waals surface area contributed by atoms with Crippen LogP contribution in [0.1, 0.15) is 25.0 Å². The monoisotopic (exact) mass is 187 g/mol. The summed E-state index contributed by atoms with van der Waals surface area (Å²) in [5, 5.41) is 8.90. The van der Waals surface area contributed by atoms with Gasteiger partial charge in [-0.3, -0.25) is 0 Å². The maximum atomic E-state index is 8.90. The zero-order valence-electron chi connectivity index (χ0n) is 8.27. The van der Waals surface area contributed by atoms with Crippen LogP contribution in [0.15, 0.2) is 18.3 Å². The van der Waals surface area contributed by atoms with Gasteiger partial charge in [-0.25, -0.2) is 4.98 Å². The fraction of sp³-hybridized carbons (Fsp3) is 0.455. The van der Waals surface area contributed by atoms with Crippen LogP contribution in [0, 0.1) is 11.3 Å². The average molecular weight is 187 g/mol. The van der Waals surface area contributed by atoms with Gasteiger partial charge >= 0.3 is 0 Å². The summed E-state index contributed by atoms with van der Waals surface area (Å²) in [6.45, 7) is 0. The van der Waals surface area contributed by atoms with E-state index in [4.69, 9.17) is 5.26 Å². The maximum Gasteiger partial charge on any atom is 0.163 e. The topological polar surface area (TPSA) is 39.9 Å². The highest BCUT2D eigenvalue weighted by Gasteiger charge is 2.23. The Morgan fingerprint density at radius 2 is 2.36 bits per heavy atom. The first kappa shape index (κ1) is 9.01. The fourth-order valence-corrected chi connectivity index (χ4v) is 1.74. The van der Waals surface area contributed by atoms with Crippen LogP contribution in [0.4, 0.5) is 5.69 Å². The molecule has 1 aromatic rings. The Morgan fingerprint density at radius 1 is 1.57 bits per heavy atom. The van der Waals surface area contributed by atoms with E-state index in [0.29, 0.717) is 11.7 Å². The van der Waals surface area contributed by atoms with E-state index in [2.05, 4.69) is 16.0 Å². The third kappa shape index (κ3) is 1.44. The SMILES string of the molecule is CN(c1cccnc1C#N)C1CCC1. The molecule has 0 amide bonds. The lowest BCUT2D eigenvalue weighted by Crippen LogP contribution is -2.37. The van der Waals surface area contributed by atoms with Crippen molar-refractivity contribution in [3.8, 4) is 6.07 Å². The molecule has 72 valence electrons. The summed E-state index contributed by atoms with van der Waals surface area (Å²) in [5.41, 5.74) is 1.49. The van der Waals surface area contributed by atoms with Crippen molar-refractivity contribution in [2.45, 2.75) is 25.3 Å². The van der Waals surface area contributed by atoms with E-state index >= 15 is 0 Å². The van der Waals surface area contributed by atoms with Gasteiger partial charge in [0.2, 0.25) is 0 Å². The molecule has 0 aromatic carbocycles. The van der Waals surface area contributed by atoms with Crippen LogP contribution in [-0.4, -0.2) is 18.1 Å². The van der Waals surface area contributed by atoms with Crippen molar-refractivity contribution in [1.29, 1.82) is 5.26 Å². The highest BCUT2D eigenvalue weighted by Crippen LogP contribution is 2.29. The Kier molecular flexibility index (Phi) is 2.36. The van der Waals surface area contributed by atoms with E-state index < -0.39 is 0 Å². The molecule has 1 aliphatic rings. The van der Waals surface area contributed by atoms with E-state index in [0.717, 1.165) is 5.69 Å². The normalized spacial score (nSPS) is 15.7. The number of aromatic nitrogens is 1. The molecular formula is C11H13N3. The standard InChI is InChI=1S/C11H13N3/c1-14(9-4-2-5-9)11-6-3-7-13-10(11)8-12/h3,6-7,9H,2,4-5H2,1H3. The quantitative estimate of drug-likeness (QED) is 0.710. The Hall–Kier alpha value is -1.56. The lowest BCUT2D eigenvalue weighted by atomic mass is 9.91. The molecule has 0 unspecified atom stereocenters. The summed E-state index contributed by atoms with van der Waals surface area (Å²) in [6.07, 6.45) is 5.43. The first-order valence-corrected chi connectivity index (χ1v) is 4.91. The molecule has 0 aliphatic heterocycles. The van der Waals surface area contributed by atoms with Crippen LogP contribution in [0.5, 0.6) is 0 Å². The number of hydrogen-bond donors (Lipinski definition) is 0. The largest absolute Gasteiger partial charge is 0.369 e. The lowest BCUT2D eigenvalue weighted by Gasteiger charge is -2.36. The molecule has 2 rings (SSSR count). The molecule has 0 bridgehead atoms. The molecule has 1 heterocycles. The van der Waals surface area contributed by atoms with Crippen molar-refractivity contribution < 1.29 is 0 Å². The predicted molar refractivity (Wildman–Crippen MR) is 55.0 cm³/mol. The molecule has 0 spiro atoms. The molecule has 0 radical (unpaired) electrons. The molecule has 1 saturated carbocycles. The Morgan fingerprint density at radius 3 is 2.93 bits per heavy atom. The third-order valence-electron chi connectivity index (χ3n) is 2.89. The van der Waals surface area contributed by atoms with Gasteiger partial charge in [0, 0.05) is 19.3 Å². The van der Waals surface area contributed by atoms with Gasteiger partial charge in [0.25, 0.3) is 0 Å². The third-order valence-corrected chi connectivity index (χ3v) is 2.89. The molecular weight excluding hydrogens is 174 g/mol. The van der Waals surface area contributed by atoms with Crippen molar-refractivity contribution >= 4 is 5.69 Å². The summed E-state index contributed by atoms with van der Waals surface area (Å²) in [5.74, 6) is 0. The van der Waals surface area contributed by atoms with Gasteiger partial charge in [0.1, 0.15) is 6.07 Å². The molecule has 1 fully saturated rings. The summed E-state index contributed by atoms with van der Waals surface area (Å²) < 4.78 is 0. The summed E-state index contributed by atoms with van der Waals surface area (Å²) in [4.78, 5) is 6.23. The van der Waals surface area contributed by atoms with E-state index in [-0.39, 0.29) is 0 Å². The molecule has 1 aliphatic carbocycles. The molecule has 0 atom stereocenters. The fourth-order valence-electron chi connectivity index (χ4n) is 1.74. The number of pyridine rings is 1. The second-order valence-electron chi connectivity index (χ2n) is 3.68. The molecule has 0 saturated heterocycles. The zero-order valence-corrected chi connectivity index (χ0v) is 8.27. The predicted octanol–water partition coefficient (Wildman–Crippen LogP) is 1.94. The lowest BCUT2D eigenvalue weighted by molar-refractivity contribution is 0.401. The van der Waals surface area contributed by atoms with E-state index in [9.17, 15) is 0 Å². The van der Waals surface area contributed by atoms with Gasteiger partial charge < -0.3 is 4.90 Å².